The number of allylic oxidation sites excluding steroid dienone is 1. The number of hydrogen-bond acceptors (Lipinski definition) is 1. The van der Waals surface area contributed by atoms with Gasteiger partial charge in [-0.2, -0.15) is 0 Å². The van der Waals surface area contributed by atoms with E-state index in [2.05, 4.69) is 61.7 Å². The quantitative estimate of drug-likeness (QED) is 0.459. The Labute approximate surface area is 171 Å². The smallest absolute Gasteiger partial charge is 0.0598 e. The number of benzene rings is 2. The molecule has 0 radical (unpaired) electrons. The van der Waals surface area contributed by atoms with Crippen molar-refractivity contribution in [3.05, 3.63) is 68.8 Å². The van der Waals surface area contributed by atoms with Crippen molar-refractivity contribution in [2.24, 2.45) is 0 Å². The van der Waals surface area contributed by atoms with Gasteiger partial charge in [0.1, 0.15) is 0 Å². The molecule has 0 aliphatic carbocycles. The van der Waals surface area contributed by atoms with E-state index in [1.54, 1.807) is 0 Å². The minimum atomic E-state index is 0.374. The second kappa shape index (κ2) is 7.01. The van der Waals surface area contributed by atoms with Crippen molar-refractivity contribution in [3.8, 4) is 0 Å². The van der Waals surface area contributed by atoms with Gasteiger partial charge in [-0.05, 0) is 75.2 Å². The fraction of sp³-hybridized carbons (Fsp3) is 0.304. The van der Waals surface area contributed by atoms with Gasteiger partial charge in [0.15, 0.2) is 0 Å². The van der Waals surface area contributed by atoms with E-state index in [4.69, 9.17) is 23.2 Å². The van der Waals surface area contributed by atoms with E-state index in [1.807, 2.05) is 18.2 Å². The molecule has 0 bridgehead atoms. The van der Waals surface area contributed by atoms with Crippen molar-refractivity contribution in [1.82, 2.24) is 9.47 Å². The first-order chi connectivity index (χ1) is 12.9. The molecule has 1 unspecified atom stereocenters. The number of likely N-dealkylation sites (N-methyl/N-ethyl adjacent to an activating group) is 1. The van der Waals surface area contributed by atoms with Gasteiger partial charge in [-0.3, -0.25) is 4.90 Å². The number of aryl methyl sites for hydroxylation is 1. The Bertz CT molecular complexity index is 1060. The van der Waals surface area contributed by atoms with Crippen LogP contribution in [0.15, 0.2) is 36.4 Å². The van der Waals surface area contributed by atoms with Gasteiger partial charge in [-0.25, -0.2) is 0 Å². The molecule has 1 aliphatic heterocycles. The minimum Gasteiger partial charge on any atom is -0.318 e. The lowest BCUT2D eigenvalue weighted by Crippen LogP contribution is -2.31. The first-order valence-corrected chi connectivity index (χ1v) is 10.1. The first-order valence-electron chi connectivity index (χ1n) is 9.34. The van der Waals surface area contributed by atoms with Crippen LogP contribution in [-0.2, 0) is 6.42 Å². The summed E-state index contributed by atoms with van der Waals surface area (Å²) < 4.78 is 2.38. The normalized spacial score (nSPS) is 18.1. The Morgan fingerprint density at radius 3 is 2.63 bits per heavy atom. The maximum absolute atomic E-state index is 6.24. The van der Waals surface area contributed by atoms with Gasteiger partial charge in [-0.15, -0.1) is 0 Å². The van der Waals surface area contributed by atoms with Crippen LogP contribution in [0.4, 0.5) is 0 Å². The highest BCUT2D eigenvalue weighted by Gasteiger charge is 2.27. The van der Waals surface area contributed by atoms with Crippen molar-refractivity contribution >= 4 is 45.9 Å². The van der Waals surface area contributed by atoms with E-state index >= 15 is 0 Å². The standard InChI is InChI=1S/C23H24Cl2N2/c1-14-5-8-22-19(11-14)18-9-10-26(4)16(3)23(18)27(22)13-15(2)17-6-7-20(24)21(25)12-17/h5-8,11-13,16H,9-10H2,1-4H3. The van der Waals surface area contributed by atoms with Gasteiger partial charge in [0.25, 0.3) is 0 Å². The predicted octanol–water partition coefficient (Wildman–Crippen LogP) is 6.82. The molecule has 0 spiro atoms. The zero-order valence-electron chi connectivity index (χ0n) is 16.2. The third kappa shape index (κ3) is 3.20. The third-order valence-corrected chi connectivity index (χ3v) is 6.51. The molecule has 3 aromatic rings. The predicted molar refractivity (Wildman–Crippen MR) is 118 cm³/mol. The number of rotatable bonds is 2. The molecular weight excluding hydrogens is 375 g/mol. The molecule has 4 rings (SSSR count). The maximum atomic E-state index is 6.24. The Hall–Kier alpha value is -1.74. The van der Waals surface area contributed by atoms with E-state index in [-0.39, 0.29) is 0 Å². The Balaban J connectivity index is 1.94. The minimum absolute atomic E-state index is 0.374. The highest BCUT2D eigenvalue weighted by molar-refractivity contribution is 6.42. The van der Waals surface area contributed by atoms with Crippen molar-refractivity contribution in [3.63, 3.8) is 0 Å². The monoisotopic (exact) mass is 398 g/mol. The van der Waals surface area contributed by atoms with E-state index in [9.17, 15) is 0 Å². The summed E-state index contributed by atoms with van der Waals surface area (Å²) in [5, 5.41) is 2.55. The topological polar surface area (TPSA) is 8.17 Å². The van der Waals surface area contributed by atoms with Crippen molar-refractivity contribution in [2.45, 2.75) is 33.2 Å². The molecule has 1 aliphatic rings. The molecule has 140 valence electrons. The van der Waals surface area contributed by atoms with Gasteiger partial charge in [0.05, 0.1) is 15.6 Å². The second-order valence-corrected chi connectivity index (χ2v) is 8.42. The first kappa shape index (κ1) is 18.6. The molecule has 4 heteroatoms. The summed E-state index contributed by atoms with van der Waals surface area (Å²) in [6, 6.07) is 13.0. The van der Waals surface area contributed by atoms with Gasteiger partial charge in [0.2, 0.25) is 0 Å². The number of halogens is 2. The Morgan fingerprint density at radius 1 is 1.11 bits per heavy atom. The average Bonchev–Trinajstić information content (AvgIpc) is 2.94. The van der Waals surface area contributed by atoms with Crippen LogP contribution in [0.2, 0.25) is 10.0 Å². The molecule has 1 aromatic heterocycles. The number of nitrogens with zero attached hydrogens (tertiary/aromatic N) is 2. The summed E-state index contributed by atoms with van der Waals surface area (Å²) >= 11 is 12.3. The molecule has 1 atom stereocenters. The molecule has 0 fully saturated rings. The molecule has 2 aromatic carbocycles. The molecular formula is C23H24Cl2N2. The second-order valence-electron chi connectivity index (χ2n) is 7.60. The van der Waals surface area contributed by atoms with Crippen LogP contribution in [0, 0.1) is 6.92 Å². The van der Waals surface area contributed by atoms with E-state index in [1.165, 1.54) is 27.7 Å². The lowest BCUT2D eigenvalue weighted by molar-refractivity contribution is 0.242. The van der Waals surface area contributed by atoms with Crippen LogP contribution in [0.5, 0.6) is 0 Å². The SMILES string of the molecule is CC(=Cn1c2c(c3cc(C)ccc31)CCN(C)C2C)c1ccc(Cl)c(Cl)c1. The Kier molecular flexibility index (Phi) is 4.84. The van der Waals surface area contributed by atoms with Crippen LogP contribution in [0.3, 0.4) is 0 Å². The van der Waals surface area contributed by atoms with E-state index in [0.29, 0.717) is 16.1 Å². The van der Waals surface area contributed by atoms with Crippen LogP contribution in [-0.4, -0.2) is 23.1 Å². The fourth-order valence-corrected chi connectivity index (χ4v) is 4.37. The number of fused-ring (bicyclic) bond motifs is 3. The highest BCUT2D eigenvalue weighted by atomic mass is 35.5. The molecule has 0 saturated heterocycles. The maximum Gasteiger partial charge on any atom is 0.0598 e. The van der Waals surface area contributed by atoms with E-state index in [0.717, 1.165) is 24.1 Å². The summed E-state index contributed by atoms with van der Waals surface area (Å²) in [6.45, 7) is 7.68. The van der Waals surface area contributed by atoms with Gasteiger partial charge >= 0.3 is 0 Å². The van der Waals surface area contributed by atoms with Crippen LogP contribution < -0.4 is 0 Å². The van der Waals surface area contributed by atoms with Gasteiger partial charge in [-0.1, -0.05) is 40.9 Å². The Morgan fingerprint density at radius 2 is 1.89 bits per heavy atom. The molecule has 0 amide bonds. The summed E-state index contributed by atoms with van der Waals surface area (Å²) in [7, 11) is 2.20. The van der Waals surface area contributed by atoms with Crippen LogP contribution in [0.25, 0.3) is 22.7 Å². The summed E-state index contributed by atoms with van der Waals surface area (Å²) in [5.74, 6) is 0. The molecule has 2 heterocycles. The lowest BCUT2D eigenvalue weighted by atomic mass is 9.98. The van der Waals surface area contributed by atoms with Crippen LogP contribution >= 0.6 is 23.2 Å². The van der Waals surface area contributed by atoms with Gasteiger partial charge in [0, 0.05) is 29.9 Å². The molecule has 0 saturated carbocycles. The average molecular weight is 399 g/mol. The summed E-state index contributed by atoms with van der Waals surface area (Å²) in [5.41, 5.74) is 7.70. The third-order valence-electron chi connectivity index (χ3n) is 5.77. The number of aromatic nitrogens is 1. The lowest BCUT2D eigenvalue weighted by Gasteiger charge is -2.31. The van der Waals surface area contributed by atoms with Crippen molar-refractivity contribution < 1.29 is 0 Å². The highest BCUT2D eigenvalue weighted by Crippen LogP contribution is 2.38. The summed E-state index contributed by atoms with van der Waals surface area (Å²) in [4.78, 5) is 2.42. The van der Waals surface area contributed by atoms with E-state index < -0.39 is 0 Å². The van der Waals surface area contributed by atoms with Crippen molar-refractivity contribution in [1.29, 1.82) is 0 Å². The molecule has 2 nitrogen and oxygen atoms in total. The van der Waals surface area contributed by atoms with Gasteiger partial charge < -0.3 is 4.57 Å². The van der Waals surface area contributed by atoms with Crippen molar-refractivity contribution in [2.75, 3.05) is 13.6 Å². The zero-order valence-corrected chi connectivity index (χ0v) is 17.7. The summed E-state index contributed by atoms with van der Waals surface area (Å²) in [6.07, 6.45) is 3.33. The largest absolute Gasteiger partial charge is 0.318 e. The fourth-order valence-electron chi connectivity index (χ4n) is 4.07. The van der Waals surface area contributed by atoms with Crippen LogP contribution in [0.1, 0.15) is 42.3 Å². The zero-order chi connectivity index (χ0) is 19.3. The molecule has 0 N–H and O–H groups in total. The number of hydrogen-bond donors (Lipinski definition) is 0. The molecule has 27 heavy (non-hydrogen) atoms.